The fraction of sp³-hybridized carbons (Fsp3) is 0.500. The molecule has 0 spiro atoms. The third kappa shape index (κ3) is 3.58. The van der Waals surface area contributed by atoms with E-state index in [-0.39, 0.29) is 28.3 Å². The van der Waals surface area contributed by atoms with Gasteiger partial charge in [-0.15, -0.1) is 0 Å². The summed E-state index contributed by atoms with van der Waals surface area (Å²) in [5.74, 6) is 1.99. The van der Waals surface area contributed by atoms with Crippen LogP contribution in [0, 0.1) is 10.8 Å². The van der Waals surface area contributed by atoms with Crippen LogP contribution in [0.5, 0.6) is 5.75 Å². The minimum atomic E-state index is -0.372. The van der Waals surface area contributed by atoms with Gasteiger partial charge in [0, 0.05) is 42.7 Å². The molecule has 1 aromatic carbocycles. The van der Waals surface area contributed by atoms with Crippen molar-refractivity contribution in [3.63, 3.8) is 0 Å². The van der Waals surface area contributed by atoms with Gasteiger partial charge in [0.2, 0.25) is 0 Å². The van der Waals surface area contributed by atoms with Crippen molar-refractivity contribution in [2.45, 2.75) is 59.3 Å². The second-order valence-electron chi connectivity index (χ2n) is 9.98. The highest BCUT2D eigenvalue weighted by atomic mass is 79.9. The average Bonchev–Trinajstić information content (AvgIpc) is 2.57. The Kier molecular flexibility index (Phi) is 4.80. The van der Waals surface area contributed by atoms with E-state index in [1.165, 1.54) is 0 Å². The van der Waals surface area contributed by atoms with Crippen LogP contribution >= 0.6 is 15.9 Å². The van der Waals surface area contributed by atoms with Gasteiger partial charge < -0.3 is 9.47 Å². The molecule has 0 fully saturated rings. The summed E-state index contributed by atoms with van der Waals surface area (Å²) in [6.45, 7) is 8.38. The molecule has 0 saturated carbocycles. The number of allylic oxidation sites excluding steroid dienone is 4. The Morgan fingerprint density at radius 3 is 1.90 bits per heavy atom. The summed E-state index contributed by atoms with van der Waals surface area (Å²) < 4.78 is 12.5. The zero-order valence-corrected chi connectivity index (χ0v) is 19.2. The molecule has 3 aliphatic rings. The summed E-state index contributed by atoms with van der Waals surface area (Å²) in [7, 11) is 1.62. The van der Waals surface area contributed by atoms with E-state index >= 15 is 0 Å². The maximum Gasteiger partial charge on any atom is 0.163 e. The summed E-state index contributed by atoms with van der Waals surface area (Å²) in [6.07, 6.45) is 2.33. The molecule has 0 unspecified atom stereocenters. The smallest absolute Gasteiger partial charge is 0.163 e. The highest BCUT2D eigenvalue weighted by Gasteiger charge is 2.47. The molecule has 4 nitrogen and oxygen atoms in total. The van der Waals surface area contributed by atoms with E-state index in [4.69, 9.17) is 9.47 Å². The molecule has 0 aromatic heterocycles. The number of ether oxygens (including phenoxy) is 2. The summed E-state index contributed by atoms with van der Waals surface area (Å²) in [6, 6.07) is 5.79. The molecule has 0 bridgehead atoms. The van der Waals surface area contributed by atoms with E-state index in [1.54, 1.807) is 7.11 Å². The van der Waals surface area contributed by atoms with Crippen LogP contribution in [-0.2, 0) is 14.3 Å². The zero-order chi connectivity index (χ0) is 21.1. The molecule has 0 saturated heterocycles. The molecule has 0 atom stereocenters. The van der Waals surface area contributed by atoms with Gasteiger partial charge in [0.05, 0.1) is 11.6 Å². The first kappa shape index (κ1) is 20.4. The van der Waals surface area contributed by atoms with Crippen LogP contribution in [0.2, 0.25) is 0 Å². The first-order valence-electron chi connectivity index (χ1n) is 10.1. The maximum absolute atomic E-state index is 13.2. The van der Waals surface area contributed by atoms with E-state index in [0.717, 1.165) is 27.3 Å². The van der Waals surface area contributed by atoms with Crippen LogP contribution in [0.3, 0.4) is 0 Å². The molecular weight excluding hydrogens is 432 g/mol. The lowest BCUT2D eigenvalue weighted by Crippen LogP contribution is -2.37. The van der Waals surface area contributed by atoms with Crippen molar-refractivity contribution in [3.8, 4) is 5.75 Å². The molecular formula is C24H27BrO4. The predicted molar refractivity (Wildman–Crippen MR) is 115 cm³/mol. The van der Waals surface area contributed by atoms with Gasteiger partial charge in [-0.1, -0.05) is 33.8 Å². The van der Waals surface area contributed by atoms with Gasteiger partial charge in [-0.2, -0.15) is 0 Å². The van der Waals surface area contributed by atoms with E-state index in [1.807, 2.05) is 18.2 Å². The lowest BCUT2D eigenvalue weighted by molar-refractivity contribution is -0.120. The van der Waals surface area contributed by atoms with Crippen LogP contribution in [0.25, 0.3) is 0 Å². The molecule has 1 heterocycles. The number of hydrogen-bond donors (Lipinski definition) is 0. The Bertz CT molecular complexity index is 929. The fourth-order valence-corrected chi connectivity index (χ4v) is 5.43. The number of halogens is 1. The van der Waals surface area contributed by atoms with Gasteiger partial charge in [0.1, 0.15) is 17.3 Å². The topological polar surface area (TPSA) is 52.6 Å². The zero-order valence-electron chi connectivity index (χ0n) is 17.6. The van der Waals surface area contributed by atoms with Crippen molar-refractivity contribution in [3.05, 3.63) is 50.9 Å². The van der Waals surface area contributed by atoms with Gasteiger partial charge in [-0.3, -0.25) is 9.59 Å². The van der Waals surface area contributed by atoms with Gasteiger partial charge in [-0.25, -0.2) is 0 Å². The first-order chi connectivity index (χ1) is 13.5. The van der Waals surface area contributed by atoms with Crippen molar-refractivity contribution >= 4 is 27.5 Å². The van der Waals surface area contributed by atoms with Crippen molar-refractivity contribution in [1.82, 2.24) is 0 Å². The maximum atomic E-state index is 13.2. The number of methoxy groups -OCH3 is 1. The van der Waals surface area contributed by atoms with Crippen LogP contribution in [0.15, 0.2) is 45.3 Å². The molecule has 0 N–H and O–H groups in total. The first-order valence-corrected chi connectivity index (χ1v) is 10.8. The number of benzene rings is 1. The number of rotatable bonds is 2. The van der Waals surface area contributed by atoms with Crippen LogP contribution in [0.4, 0.5) is 0 Å². The number of carbonyl (C=O) groups is 2. The lowest BCUT2D eigenvalue weighted by Gasteiger charge is -2.42. The molecule has 29 heavy (non-hydrogen) atoms. The van der Waals surface area contributed by atoms with Crippen LogP contribution in [0.1, 0.15) is 64.9 Å². The van der Waals surface area contributed by atoms with E-state index < -0.39 is 0 Å². The quantitative estimate of drug-likeness (QED) is 0.556. The molecule has 1 aromatic rings. The van der Waals surface area contributed by atoms with E-state index in [2.05, 4.69) is 43.6 Å². The molecule has 5 heteroatoms. The highest BCUT2D eigenvalue weighted by molar-refractivity contribution is 9.10. The Hall–Kier alpha value is -1.88. The molecule has 1 aliphatic heterocycles. The summed E-state index contributed by atoms with van der Waals surface area (Å²) >= 11 is 3.56. The summed E-state index contributed by atoms with van der Waals surface area (Å²) in [5.41, 5.74) is 1.95. The molecule has 154 valence electrons. The fourth-order valence-electron chi connectivity index (χ4n) is 4.87. The number of Topliss-reactive ketones (excluding diaryl/α,β-unsaturated/α-hetero) is 2. The van der Waals surface area contributed by atoms with E-state index in [0.29, 0.717) is 36.8 Å². The summed E-state index contributed by atoms with van der Waals surface area (Å²) in [4.78, 5) is 26.5. The molecule has 0 radical (unpaired) electrons. The Balaban J connectivity index is 1.91. The van der Waals surface area contributed by atoms with E-state index in [9.17, 15) is 9.59 Å². The van der Waals surface area contributed by atoms with Gasteiger partial charge in [0.15, 0.2) is 11.6 Å². The minimum absolute atomic E-state index is 0.0809. The van der Waals surface area contributed by atoms with Crippen LogP contribution in [-0.4, -0.2) is 18.7 Å². The summed E-state index contributed by atoms with van der Waals surface area (Å²) in [5, 5.41) is 0. The van der Waals surface area contributed by atoms with Crippen molar-refractivity contribution in [2.75, 3.05) is 7.11 Å². The third-order valence-electron chi connectivity index (χ3n) is 6.09. The normalized spacial score (nSPS) is 23.5. The van der Waals surface area contributed by atoms with Crippen LogP contribution < -0.4 is 4.74 Å². The third-order valence-corrected chi connectivity index (χ3v) is 6.71. The second-order valence-corrected chi connectivity index (χ2v) is 10.8. The standard InChI is InChI=1S/C24H27BrO4/c1-23(2)9-15(26)21-18(11-23)29-19-12-24(3,4)10-16(27)22(19)20(21)13-6-7-17(28-5)14(25)8-13/h6-8,20H,9-12H2,1-5H3. The molecule has 4 rings (SSSR count). The van der Waals surface area contributed by atoms with Gasteiger partial charge in [-0.05, 0) is 44.5 Å². The Morgan fingerprint density at radius 2 is 1.45 bits per heavy atom. The van der Waals surface area contributed by atoms with Gasteiger partial charge >= 0.3 is 0 Å². The molecule has 0 amide bonds. The monoisotopic (exact) mass is 458 g/mol. The average molecular weight is 459 g/mol. The number of hydrogen-bond acceptors (Lipinski definition) is 4. The highest BCUT2D eigenvalue weighted by Crippen LogP contribution is 2.53. The lowest BCUT2D eigenvalue weighted by atomic mass is 9.65. The minimum Gasteiger partial charge on any atom is -0.496 e. The molecule has 2 aliphatic carbocycles. The van der Waals surface area contributed by atoms with Gasteiger partial charge in [0.25, 0.3) is 0 Å². The Morgan fingerprint density at radius 1 is 0.931 bits per heavy atom. The largest absolute Gasteiger partial charge is 0.496 e. The van der Waals surface area contributed by atoms with Crippen molar-refractivity contribution in [1.29, 1.82) is 0 Å². The Labute approximate surface area is 180 Å². The SMILES string of the molecule is COc1ccc(C2C3=C(CC(C)(C)CC3=O)OC3=C2C(=O)CC(C)(C)C3)cc1Br. The number of ketones is 2. The van der Waals surface area contributed by atoms with Crippen molar-refractivity contribution < 1.29 is 19.1 Å². The van der Waals surface area contributed by atoms with Crippen molar-refractivity contribution in [2.24, 2.45) is 10.8 Å². The predicted octanol–water partition coefficient (Wildman–Crippen LogP) is 5.86. The number of carbonyl (C=O) groups excluding carboxylic acids is 2. The second kappa shape index (κ2) is 6.83.